The Morgan fingerprint density at radius 3 is 2.41 bits per heavy atom. The van der Waals surface area contributed by atoms with Crippen LogP contribution in [-0.2, 0) is 0 Å². The Morgan fingerprint density at radius 2 is 1.73 bits per heavy atom. The Balaban J connectivity index is 1.91. The minimum absolute atomic E-state index is 0.357. The van der Waals surface area contributed by atoms with E-state index in [1.54, 1.807) is 25.3 Å². The highest BCUT2D eigenvalue weighted by Gasteiger charge is 2.05. The molecule has 0 fully saturated rings. The molecule has 2 aromatic rings. The fraction of sp³-hybridized carbons (Fsp3) is 0.188. The molecule has 0 bridgehead atoms. The standard InChI is InChI=1S/C16H16BrNO4/c1-20-15-5-2-12(11-18-19)16(10-15)22-9-8-21-14-6-3-13(17)4-7-14/h2-7,10-11,19H,8-9H2,1H3. The molecule has 0 spiro atoms. The number of oxime groups is 1. The van der Waals surface area contributed by atoms with Crippen molar-refractivity contribution in [3.05, 3.63) is 52.5 Å². The molecule has 0 atom stereocenters. The summed E-state index contributed by atoms with van der Waals surface area (Å²) in [7, 11) is 1.58. The van der Waals surface area contributed by atoms with Crippen molar-refractivity contribution in [2.75, 3.05) is 20.3 Å². The second kappa shape index (κ2) is 8.29. The Bertz CT molecular complexity index is 629. The minimum Gasteiger partial charge on any atom is -0.497 e. The van der Waals surface area contributed by atoms with Crippen LogP contribution in [0, 0.1) is 0 Å². The van der Waals surface area contributed by atoms with Gasteiger partial charge in [0.25, 0.3) is 0 Å². The quantitative estimate of drug-likeness (QED) is 0.351. The first kappa shape index (κ1) is 16.2. The maximum atomic E-state index is 8.67. The highest BCUT2D eigenvalue weighted by atomic mass is 79.9. The molecule has 22 heavy (non-hydrogen) atoms. The number of hydrogen-bond acceptors (Lipinski definition) is 5. The van der Waals surface area contributed by atoms with Crippen LogP contribution >= 0.6 is 15.9 Å². The number of methoxy groups -OCH3 is 1. The fourth-order valence-corrected chi connectivity index (χ4v) is 2.04. The highest BCUT2D eigenvalue weighted by molar-refractivity contribution is 9.10. The maximum absolute atomic E-state index is 8.67. The molecule has 0 amide bonds. The lowest BCUT2D eigenvalue weighted by molar-refractivity contribution is 0.216. The van der Waals surface area contributed by atoms with Crippen molar-refractivity contribution < 1.29 is 19.4 Å². The molecule has 0 saturated heterocycles. The second-order valence-corrected chi connectivity index (χ2v) is 5.21. The smallest absolute Gasteiger partial charge is 0.132 e. The van der Waals surface area contributed by atoms with Crippen molar-refractivity contribution in [2.24, 2.45) is 5.16 Å². The second-order valence-electron chi connectivity index (χ2n) is 4.30. The predicted octanol–water partition coefficient (Wildman–Crippen LogP) is 3.72. The first-order valence-corrected chi connectivity index (χ1v) is 7.39. The Hall–Kier alpha value is -2.21. The molecule has 0 aromatic heterocycles. The van der Waals surface area contributed by atoms with Gasteiger partial charge in [-0.15, -0.1) is 0 Å². The van der Waals surface area contributed by atoms with Gasteiger partial charge in [0.1, 0.15) is 30.5 Å². The van der Waals surface area contributed by atoms with Gasteiger partial charge < -0.3 is 19.4 Å². The van der Waals surface area contributed by atoms with Gasteiger partial charge in [0.05, 0.1) is 13.3 Å². The molecule has 5 nitrogen and oxygen atoms in total. The van der Waals surface area contributed by atoms with E-state index in [0.29, 0.717) is 30.3 Å². The van der Waals surface area contributed by atoms with E-state index in [1.807, 2.05) is 24.3 Å². The van der Waals surface area contributed by atoms with Crippen molar-refractivity contribution in [2.45, 2.75) is 0 Å². The summed E-state index contributed by atoms with van der Waals surface area (Å²) in [4.78, 5) is 0. The van der Waals surface area contributed by atoms with E-state index in [2.05, 4.69) is 21.1 Å². The third-order valence-electron chi connectivity index (χ3n) is 2.84. The molecule has 0 saturated carbocycles. The van der Waals surface area contributed by atoms with Gasteiger partial charge in [0.2, 0.25) is 0 Å². The van der Waals surface area contributed by atoms with E-state index in [4.69, 9.17) is 19.4 Å². The summed E-state index contributed by atoms with van der Waals surface area (Å²) in [6.45, 7) is 0.754. The summed E-state index contributed by atoms with van der Waals surface area (Å²) >= 11 is 3.37. The lowest BCUT2D eigenvalue weighted by Crippen LogP contribution is -2.10. The number of ether oxygens (including phenoxy) is 3. The molecule has 2 aromatic carbocycles. The van der Waals surface area contributed by atoms with Crippen LogP contribution in [0.1, 0.15) is 5.56 Å². The molecular formula is C16H16BrNO4. The summed E-state index contributed by atoms with van der Waals surface area (Å²) in [6, 6.07) is 12.8. The van der Waals surface area contributed by atoms with Crippen LogP contribution in [0.25, 0.3) is 0 Å². The Morgan fingerprint density at radius 1 is 1.05 bits per heavy atom. The summed E-state index contributed by atoms with van der Waals surface area (Å²) in [5.74, 6) is 2.00. The van der Waals surface area contributed by atoms with Crippen molar-refractivity contribution in [3.63, 3.8) is 0 Å². The summed E-state index contributed by atoms with van der Waals surface area (Å²) in [6.07, 6.45) is 1.31. The zero-order valence-electron chi connectivity index (χ0n) is 12.0. The first-order chi connectivity index (χ1) is 10.7. The highest BCUT2D eigenvalue weighted by Crippen LogP contribution is 2.23. The largest absolute Gasteiger partial charge is 0.497 e. The normalized spacial score (nSPS) is 10.6. The van der Waals surface area contributed by atoms with Crippen LogP contribution in [0.5, 0.6) is 17.2 Å². The fourth-order valence-electron chi connectivity index (χ4n) is 1.78. The SMILES string of the molecule is COc1ccc(C=NO)c(OCCOc2ccc(Br)cc2)c1. The third-order valence-corrected chi connectivity index (χ3v) is 3.37. The van der Waals surface area contributed by atoms with E-state index in [-0.39, 0.29) is 0 Å². The van der Waals surface area contributed by atoms with Crippen LogP contribution in [0.2, 0.25) is 0 Å². The average Bonchev–Trinajstić information content (AvgIpc) is 2.54. The molecular weight excluding hydrogens is 350 g/mol. The lowest BCUT2D eigenvalue weighted by Gasteiger charge is -2.11. The lowest BCUT2D eigenvalue weighted by atomic mass is 10.2. The van der Waals surface area contributed by atoms with Crippen molar-refractivity contribution in [1.29, 1.82) is 0 Å². The van der Waals surface area contributed by atoms with Gasteiger partial charge in [0, 0.05) is 16.1 Å². The van der Waals surface area contributed by atoms with Gasteiger partial charge in [-0.25, -0.2) is 0 Å². The molecule has 0 aliphatic carbocycles. The average molecular weight is 366 g/mol. The van der Waals surface area contributed by atoms with Crippen molar-refractivity contribution >= 4 is 22.1 Å². The number of hydrogen-bond donors (Lipinski definition) is 1. The van der Waals surface area contributed by atoms with Gasteiger partial charge in [-0.1, -0.05) is 21.1 Å². The van der Waals surface area contributed by atoms with Crippen molar-refractivity contribution in [3.8, 4) is 17.2 Å². The molecule has 0 heterocycles. The third kappa shape index (κ3) is 4.66. The molecule has 6 heteroatoms. The number of rotatable bonds is 7. The molecule has 0 unspecified atom stereocenters. The predicted molar refractivity (Wildman–Crippen MR) is 87.5 cm³/mol. The van der Waals surface area contributed by atoms with E-state index < -0.39 is 0 Å². The van der Waals surface area contributed by atoms with Crippen LogP contribution < -0.4 is 14.2 Å². The molecule has 1 N–H and O–H groups in total. The monoisotopic (exact) mass is 365 g/mol. The number of halogens is 1. The van der Waals surface area contributed by atoms with Crippen LogP contribution in [-0.4, -0.2) is 31.7 Å². The molecule has 0 aliphatic heterocycles. The van der Waals surface area contributed by atoms with Gasteiger partial charge in [-0.2, -0.15) is 0 Å². The Labute approximate surface area is 137 Å². The first-order valence-electron chi connectivity index (χ1n) is 6.59. The maximum Gasteiger partial charge on any atom is 0.132 e. The zero-order valence-corrected chi connectivity index (χ0v) is 13.6. The van der Waals surface area contributed by atoms with Crippen LogP contribution in [0.15, 0.2) is 52.1 Å². The van der Waals surface area contributed by atoms with E-state index in [1.165, 1.54) is 6.21 Å². The van der Waals surface area contributed by atoms with Gasteiger partial charge >= 0.3 is 0 Å². The topological polar surface area (TPSA) is 60.3 Å². The number of benzene rings is 2. The van der Waals surface area contributed by atoms with E-state index in [0.717, 1.165) is 10.2 Å². The van der Waals surface area contributed by atoms with Gasteiger partial charge in [-0.05, 0) is 36.4 Å². The summed E-state index contributed by atoms with van der Waals surface area (Å²) in [5.41, 5.74) is 0.659. The minimum atomic E-state index is 0.357. The van der Waals surface area contributed by atoms with Gasteiger partial charge in [0.15, 0.2) is 0 Å². The van der Waals surface area contributed by atoms with Gasteiger partial charge in [-0.3, -0.25) is 0 Å². The van der Waals surface area contributed by atoms with Crippen LogP contribution in [0.4, 0.5) is 0 Å². The summed E-state index contributed by atoms with van der Waals surface area (Å²) in [5, 5.41) is 11.7. The van der Waals surface area contributed by atoms with E-state index >= 15 is 0 Å². The summed E-state index contributed by atoms with van der Waals surface area (Å²) < 4.78 is 17.4. The molecule has 0 aliphatic rings. The number of nitrogens with zero attached hydrogens (tertiary/aromatic N) is 1. The zero-order chi connectivity index (χ0) is 15.8. The molecule has 2 rings (SSSR count). The molecule has 0 radical (unpaired) electrons. The van der Waals surface area contributed by atoms with Crippen molar-refractivity contribution in [1.82, 2.24) is 0 Å². The van der Waals surface area contributed by atoms with Crippen LogP contribution in [0.3, 0.4) is 0 Å². The Kier molecular flexibility index (Phi) is 6.09. The molecule has 116 valence electrons. The van der Waals surface area contributed by atoms with E-state index in [9.17, 15) is 0 Å².